The summed E-state index contributed by atoms with van der Waals surface area (Å²) in [5.41, 5.74) is 1.13. The lowest BCUT2D eigenvalue weighted by Gasteiger charge is -2.08. The number of hydrogen-bond acceptors (Lipinski definition) is 3. The van der Waals surface area contributed by atoms with Gasteiger partial charge in [0.1, 0.15) is 0 Å². The minimum absolute atomic E-state index is 0.826. The molecule has 1 N–H and O–H groups in total. The highest BCUT2D eigenvalue weighted by Gasteiger charge is 2.03. The maximum Gasteiger partial charge on any atom is 0.0505 e. The lowest BCUT2D eigenvalue weighted by molar-refractivity contribution is 1.19. The van der Waals surface area contributed by atoms with E-state index in [1.165, 1.54) is 14.7 Å². The van der Waals surface area contributed by atoms with Gasteiger partial charge in [-0.3, -0.25) is 4.98 Å². The van der Waals surface area contributed by atoms with Gasteiger partial charge in [-0.15, -0.1) is 11.3 Å². The zero-order valence-corrected chi connectivity index (χ0v) is 12.0. The third-order valence-electron chi connectivity index (χ3n) is 2.81. The Labute approximate surface area is 118 Å². The van der Waals surface area contributed by atoms with Crippen molar-refractivity contribution < 1.29 is 0 Å². The fourth-order valence-corrected chi connectivity index (χ4v) is 3.33. The van der Waals surface area contributed by atoms with Gasteiger partial charge in [0.2, 0.25) is 0 Å². The summed E-state index contributed by atoms with van der Waals surface area (Å²) in [7, 11) is 0. The number of nitrogens with zero attached hydrogens (tertiary/aromatic N) is 1. The highest BCUT2D eigenvalue weighted by atomic mass is 79.9. The van der Waals surface area contributed by atoms with Crippen molar-refractivity contribution in [3.8, 4) is 0 Å². The molecule has 1 aromatic carbocycles. The third-order valence-corrected chi connectivity index (χ3v) is 4.74. The van der Waals surface area contributed by atoms with Crippen molar-refractivity contribution in [2.24, 2.45) is 0 Å². The maximum atomic E-state index is 4.19. The molecule has 0 aliphatic carbocycles. The second-order valence-corrected chi connectivity index (χ2v) is 5.80. The van der Waals surface area contributed by atoms with Crippen LogP contribution in [0.15, 0.2) is 52.6 Å². The van der Waals surface area contributed by atoms with Crippen molar-refractivity contribution in [2.45, 2.75) is 6.54 Å². The molecule has 2 nitrogen and oxygen atoms in total. The van der Waals surface area contributed by atoms with Gasteiger partial charge in [-0.2, -0.15) is 0 Å². The molecule has 0 radical (unpaired) electrons. The van der Waals surface area contributed by atoms with Crippen LogP contribution in [0.1, 0.15) is 4.88 Å². The lowest BCUT2D eigenvalue weighted by Crippen LogP contribution is -1.98. The molecule has 0 aliphatic heterocycles. The molecule has 3 aromatic rings. The number of halogens is 1. The van der Waals surface area contributed by atoms with Gasteiger partial charge >= 0.3 is 0 Å². The minimum Gasteiger partial charge on any atom is -0.380 e. The molecular formula is C14H11BrN2S. The van der Waals surface area contributed by atoms with E-state index in [1.54, 1.807) is 11.3 Å². The summed E-state index contributed by atoms with van der Waals surface area (Å²) < 4.78 is 1.17. The normalized spacial score (nSPS) is 10.7. The Morgan fingerprint density at radius 1 is 1.22 bits per heavy atom. The first-order valence-electron chi connectivity index (χ1n) is 5.63. The molecule has 90 valence electrons. The first-order valence-corrected chi connectivity index (χ1v) is 7.30. The molecule has 0 fully saturated rings. The molecule has 0 spiro atoms. The summed E-state index contributed by atoms with van der Waals surface area (Å²) >= 11 is 5.30. The van der Waals surface area contributed by atoms with Gasteiger partial charge in [-0.05, 0) is 44.9 Å². The molecule has 4 heteroatoms. The Balaban J connectivity index is 1.89. The largest absolute Gasteiger partial charge is 0.380 e. The van der Waals surface area contributed by atoms with E-state index in [1.807, 2.05) is 18.5 Å². The monoisotopic (exact) mass is 318 g/mol. The maximum absolute atomic E-state index is 4.19. The molecule has 2 heterocycles. The molecule has 0 saturated carbocycles. The zero-order chi connectivity index (χ0) is 12.4. The fourth-order valence-electron chi connectivity index (χ4n) is 1.89. The Morgan fingerprint density at radius 2 is 2.17 bits per heavy atom. The number of benzene rings is 1. The van der Waals surface area contributed by atoms with E-state index in [0.29, 0.717) is 0 Å². The molecule has 0 amide bonds. The minimum atomic E-state index is 0.826. The van der Waals surface area contributed by atoms with E-state index < -0.39 is 0 Å². The fraction of sp³-hybridized carbons (Fsp3) is 0.0714. The number of anilines is 1. The van der Waals surface area contributed by atoms with Crippen LogP contribution in [0.25, 0.3) is 10.8 Å². The summed E-state index contributed by atoms with van der Waals surface area (Å²) in [6, 6.07) is 10.4. The summed E-state index contributed by atoms with van der Waals surface area (Å²) in [6.07, 6.45) is 3.73. The van der Waals surface area contributed by atoms with Crippen LogP contribution >= 0.6 is 27.3 Å². The number of pyridine rings is 1. The average molecular weight is 319 g/mol. The molecule has 0 saturated heterocycles. The number of fused-ring (bicyclic) bond motifs is 1. The van der Waals surface area contributed by atoms with Crippen LogP contribution in [0.4, 0.5) is 5.69 Å². The van der Waals surface area contributed by atoms with Crippen LogP contribution in [0.3, 0.4) is 0 Å². The molecule has 18 heavy (non-hydrogen) atoms. The van der Waals surface area contributed by atoms with Gasteiger partial charge in [0, 0.05) is 32.8 Å². The summed E-state index contributed by atoms with van der Waals surface area (Å²) in [4.78, 5) is 5.49. The standard InChI is InChI=1S/C14H11BrN2S/c15-12-5-7-18-14(12)9-17-13-3-1-2-10-4-6-16-8-11(10)13/h1-8,17H,9H2. The predicted molar refractivity (Wildman–Crippen MR) is 81.1 cm³/mol. The van der Waals surface area contributed by atoms with Gasteiger partial charge in [0.05, 0.1) is 6.54 Å². The summed E-state index contributed by atoms with van der Waals surface area (Å²) in [5, 5.41) is 7.93. The van der Waals surface area contributed by atoms with Gasteiger partial charge in [-0.1, -0.05) is 12.1 Å². The van der Waals surface area contributed by atoms with Crippen molar-refractivity contribution in [2.75, 3.05) is 5.32 Å². The Hall–Kier alpha value is -1.39. The van der Waals surface area contributed by atoms with Crippen molar-refractivity contribution in [1.29, 1.82) is 0 Å². The SMILES string of the molecule is Brc1ccsc1CNc1cccc2ccncc12. The van der Waals surface area contributed by atoms with Crippen molar-refractivity contribution in [1.82, 2.24) is 4.98 Å². The van der Waals surface area contributed by atoms with Crippen molar-refractivity contribution in [3.05, 3.63) is 57.5 Å². The van der Waals surface area contributed by atoms with Gasteiger partial charge in [-0.25, -0.2) is 0 Å². The molecule has 3 rings (SSSR count). The summed E-state index contributed by atoms with van der Waals surface area (Å²) in [5.74, 6) is 0. The summed E-state index contributed by atoms with van der Waals surface area (Å²) in [6.45, 7) is 0.826. The number of nitrogens with one attached hydrogen (secondary N) is 1. The highest BCUT2D eigenvalue weighted by molar-refractivity contribution is 9.10. The number of hydrogen-bond donors (Lipinski definition) is 1. The quantitative estimate of drug-likeness (QED) is 0.759. The third kappa shape index (κ3) is 2.26. The van der Waals surface area contributed by atoms with Crippen LogP contribution in [0.2, 0.25) is 0 Å². The van der Waals surface area contributed by atoms with Crippen molar-refractivity contribution >= 4 is 43.7 Å². The lowest BCUT2D eigenvalue weighted by atomic mass is 10.1. The Bertz CT molecular complexity index is 673. The Kier molecular flexibility index (Phi) is 3.30. The van der Waals surface area contributed by atoms with Crippen LogP contribution in [0.5, 0.6) is 0 Å². The second-order valence-electron chi connectivity index (χ2n) is 3.95. The Morgan fingerprint density at radius 3 is 3.00 bits per heavy atom. The topological polar surface area (TPSA) is 24.9 Å². The first-order chi connectivity index (χ1) is 8.84. The molecular weight excluding hydrogens is 308 g/mol. The van der Waals surface area contributed by atoms with Crippen LogP contribution in [0, 0.1) is 0 Å². The van der Waals surface area contributed by atoms with E-state index in [0.717, 1.165) is 17.6 Å². The van der Waals surface area contributed by atoms with E-state index in [4.69, 9.17) is 0 Å². The molecule has 2 aromatic heterocycles. The number of rotatable bonds is 3. The number of thiophene rings is 1. The van der Waals surface area contributed by atoms with E-state index in [9.17, 15) is 0 Å². The molecule has 0 atom stereocenters. The van der Waals surface area contributed by atoms with Crippen molar-refractivity contribution in [3.63, 3.8) is 0 Å². The van der Waals surface area contributed by atoms with E-state index >= 15 is 0 Å². The average Bonchev–Trinajstić information content (AvgIpc) is 2.82. The second kappa shape index (κ2) is 5.08. The number of aromatic nitrogens is 1. The van der Waals surface area contributed by atoms with Crippen LogP contribution in [-0.2, 0) is 6.54 Å². The van der Waals surface area contributed by atoms with Crippen LogP contribution in [-0.4, -0.2) is 4.98 Å². The van der Waals surface area contributed by atoms with E-state index in [2.05, 4.69) is 55.9 Å². The molecule has 0 unspecified atom stereocenters. The molecule has 0 bridgehead atoms. The van der Waals surface area contributed by atoms with Crippen LogP contribution < -0.4 is 5.32 Å². The van der Waals surface area contributed by atoms with E-state index in [-0.39, 0.29) is 0 Å². The smallest absolute Gasteiger partial charge is 0.0505 e. The van der Waals surface area contributed by atoms with Gasteiger partial charge in [0.15, 0.2) is 0 Å². The molecule has 0 aliphatic rings. The van der Waals surface area contributed by atoms with Gasteiger partial charge < -0.3 is 5.32 Å². The predicted octanol–water partition coefficient (Wildman–Crippen LogP) is 4.67. The van der Waals surface area contributed by atoms with Gasteiger partial charge in [0.25, 0.3) is 0 Å². The zero-order valence-electron chi connectivity index (χ0n) is 9.56. The first kappa shape index (κ1) is 11.7. The highest BCUT2D eigenvalue weighted by Crippen LogP contribution is 2.26.